The second kappa shape index (κ2) is 7.96. The lowest BCUT2D eigenvalue weighted by molar-refractivity contribution is -0.112. The summed E-state index contributed by atoms with van der Waals surface area (Å²) in [6, 6.07) is 14.1. The molecule has 6 heteroatoms. The van der Waals surface area contributed by atoms with Crippen LogP contribution in [-0.4, -0.2) is 10.9 Å². The summed E-state index contributed by atoms with van der Waals surface area (Å²) in [7, 11) is 0. The summed E-state index contributed by atoms with van der Waals surface area (Å²) >= 11 is 0. The Kier molecular flexibility index (Phi) is 5.45. The fourth-order valence-corrected chi connectivity index (χ4v) is 1.80. The van der Waals surface area contributed by atoms with Crippen LogP contribution in [0.5, 0.6) is 0 Å². The van der Waals surface area contributed by atoms with Crippen LogP contribution in [0.4, 0.5) is 5.69 Å². The molecule has 6 nitrogen and oxygen atoms in total. The van der Waals surface area contributed by atoms with Gasteiger partial charge in [-0.05, 0) is 23.8 Å². The monoisotopic (exact) mass is 303 g/mol. The second-order valence-corrected chi connectivity index (χ2v) is 4.52. The van der Waals surface area contributed by atoms with E-state index in [1.54, 1.807) is 42.7 Å². The minimum absolute atomic E-state index is 0.0818. The molecular weight excluding hydrogens is 290 g/mol. The number of rotatable bonds is 5. The standard InChI is InChI=1S/C17H13N5O/c18-8-14-5-1-2-6-16(14)22-17(23)15(9-19)12-21-11-13-4-3-7-20-10-13/h1-7,10,12,21H,11H2,(H,22,23)/b15-12-. The van der Waals surface area contributed by atoms with Crippen LogP contribution in [0.1, 0.15) is 11.1 Å². The molecule has 0 saturated carbocycles. The highest BCUT2D eigenvalue weighted by Crippen LogP contribution is 2.14. The average molecular weight is 303 g/mol. The number of amides is 1. The molecule has 0 aliphatic heterocycles. The maximum absolute atomic E-state index is 12.1. The van der Waals surface area contributed by atoms with Crippen molar-refractivity contribution >= 4 is 11.6 Å². The maximum atomic E-state index is 12.1. The highest BCUT2D eigenvalue weighted by Gasteiger charge is 2.11. The molecule has 1 aromatic carbocycles. The molecule has 23 heavy (non-hydrogen) atoms. The fourth-order valence-electron chi connectivity index (χ4n) is 1.80. The van der Waals surface area contributed by atoms with Gasteiger partial charge in [-0.3, -0.25) is 9.78 Å². The van der Waals surface area contributed by atoms with E-state index in [1.165, 1.54) is 6.20 Å². The van der Waals surface area contributed by atoms with Crippen molar-refractivity contribution in [3.8, 4) is 12.1 Å². The second-order valence-electron chi connectivity index (χ2n) is 4.52. The quantitative estimate of drug-likeness (QED) is 0.650. The predicted octanol–water partition coefficient (Wildman–Crippen LogP) is 2.09. The van der Waals surface area contributed by atoms with E-state index in [0.717, 1.165) is 5.56 Å². The highest BCUT2D eigenvalue weighted by molar-refractivity contribution is 6.07. The molecule has 0 unspecified atom stereocenters. The van der Waals surface area contributed by atoms with Crippen molar-refractivity contribution in [3.63, 3.8) is 0 Å². The first-order valence-corrected chi connectivity index (χ1v) is 6.77. The first-order chi connectivity index (χ1) is 11.2. The van der Waals surface area contributed by atoms with Crippen LogP contribution in [0, 0.1) is 22.7 Å². The Balaban J connectivity index is 2.03. The van der Waals surface area contributed by atoms with E-state index in [1.807, 2.05) is 18.2 Å². The zero-order chi connectivity index (χ0) is 16.5. The van der Waals surface area contributed by atoms with Crippen molar-refractivity contribution in [1.29, 1.82) is 10.5 Å². The van der Waals surface area contributed by atoms with Crippen molar-refractivity contribution in [1.82, 2.24) is 10.3 Å². The van der Waals surface area contributed by atoms with Crippen LogP contribution in [0.2, 0.25) is 0 Å². The van der Waals surface area contributed by atoms with Crippen molar-refractivity contribution < 1.29 is 4.79 Å². The summed E-state index contributed by atoms with van der Waals surface area (Å²) in [6.45, 7) is 0.446. The summed E-state index contributed by atoms with van der Waals surface area (Å²) in [5.41, 5.74) is 1.55. The number of para-hydroxylation sites is 1. The number of nitrogens with zero attached hydrogens (tertiary/aromatic N) is 3. The number of hydrogen-bond acceptors (Lipinski definition) is 5. The normalized spacial score (nSPS) is 10.3. The molecule has 1 amide bonds. The number of carbonyl (C=O) groups is 1. The van der Waals surface area contributed by atoms with E-state index in [0.29, 0.717) is 17.8 Å². The molecule has 0 aliphatic rings. The van der Waals surface area contributed by atoms with Gasteiger partial charge in [0.25, 0.3) is 5.91 Å². The molecule has 0 atom stereocenters. The Labute approximate surface area is 133 Å². The van der Waals surface area contributed by atoms with E-state index in [9.17, 15) is 4.79 Å². The first kappa shape index (κ1) is 15.7. The maximum Gasteiger partial charge on any atom is 0.267 e. The van der Waals surface area contributed by atoms with Gasteiger partial charge in [0.05, 0.1) is 11.3 Å². The van der Waals surface area contributed by atoms with Gasteiger partial charge >= 0.3 is 0 Å². The molecule has 1 heterocycles. The molecule has 0 radical (unpaired) electrons. The fraction of sp³-hybridized carbons (Fsp3) is 0.0588. The SMILES string of the molecule is N#C/C(=C/NCc1cccnc1)C(=O)Nc1ccccc1C#N. The molecule has 2 N–H and O–H groups in total. The lowest BCUT2D eigenvalue weighted by Crippen LogP contribution is -2.17. The Morgan fingerprint density at radius 2 is 2.04 bits per heavy atom. The number of anilines is 1. The summed E-state index contributed by atoms with van der Waals surface area (Å²) in [5.74, 6) is -0.575. The molecule has 0 fully saturated rings. The summed E-state index contributed by atoms with van der Waals surface area (Å²) in [5, 5.41) is 23.6. The van der Waals surface area contributed by atoms with Crippen molar-refractivity contribution in [2.75, 3.05) is 5.32 Å². The molecule has 2 aromatic rings. The van der Waals surface area contributed by atoms with Gasteiger partial charge < -0.3 is 10.6 Å². The number of nitriles is 2. The minimum atomic E-state index is -0.575. The molecule has 0 spiro atoms. The first-order valence-electron chi connectivity index (χ1n) is 6.77. The number of hydrogen-bond donors (Lipinski definition) is 2. The smallest absolute Gasteiger partial charge is 0.267 e. The van der Waals surface area contributed by atoms with Gasteiger partial charge in [0.2, 0.25) is 0 Å². The number of benzene rings is 1. The molecule has 0 aliphatic carbocycles. The van der Waals surface area contributed by atoms with Crippen LogP contribution in [0.15, 0.2) is 60.6 Å². The summed E-state index contributed by atoms with van der Waals surface area (Å²) < 4.78 is 0. The van der Waals surface area contributed by atoms with E-state index in [4.69, 9.17) is 10.5 Å². The van der Waals surface area contributed by atoms with E-state index < -0.39 is 5.91 Å². The Hall–Kier alpha value is -3.64. The van der Waals surface area contributed by atoms with Gasteiger partial charge in [0.1, 0.15) is 17.7 Å². The number of pyridine rings is 1. The van der Waals surface area contributed by atoms with Crippen LogP contribution >= 0.6 is 0 Å². The molecular formula is C17H13N5O. The van der Waals surface area contributed by atoms with Gasteiger partial charge in [-0.1, -0.05) is 18.2 Å². The Bertz CT molecular complexity index is 800. The Morgan fingerprint density at radius 3 is 2.74 bits per heavy atom. The van der Waals surface area contributed by atoms with Crippen LogP contribution in [0.3, 0.4) is 0 Å². The number of nitrogens with one attached hydrogen (secondary N) is 2. The minimum Gasteiger partial charge on any atom is -0.386 e. The van der Waals surface area contributed by atoms with Crippen molar-refractivity contribution in [3.05, 3.63) is 71.7 Å². The van der Waals surface area contributed by atoms with E-state index in [-0.39, 0.29) is 5.57 Å². The van der Waals surface area contributed by atoms with Gasteiger partial charge in [0.15, 0.2) is 0 Å². The lowest BCUT2D eigenvalue weighted by atomic mass is 10.2. The Morgan fingerprint density at radius 1 is 1.22 bits per heavy atom. The topological polar surface area (TPSA) is 102 Å². The van der Waals surface area contributed by atoms with Crippen LogP contribution in [0.25, 0.3) is 0 Å². The molecule has 112 valence electrons. The highest BCUT2D eigenvalue weighted by atomic mass is 16.1. The average Bonchev–Trinajstić information content (AvgIpc) is 2.60. The van der Waals surface area contributed by atoms with Crippen LogP contribution in [-0.2, 0) is 11.3 Å². The number of aromatic nitrogens is 1. The van der Waals surface area contributed by atoms with Crippen LogP contribution < -0.4 is 10.6 Å². The van der Waals surface area contributed by atoms with Gasteiger partial charge in [-0.2, -0.15) is 10.5 Å². The third-order valence-corrected chi connectivity index (χ3v) is 2.94. The molecule has 1 aromatic heterocycles. The molecule has 2 rings (SSSR count). The van der Waals surface area contributed by atoms with Crippen molar-refractivity contribution in [2.45, 2.75) is 6.54 Å². The third-order valence-electron chi connectivity index (χ3n) is 2.94. The summed E-state index contributed by atoms with van der Waals surface area (Å²) in [4.78, 5) is 16.1. The van der Waals surface area contributed by atoms with Gasteiger partial charge in [0, 0.05) is 25.1 Å². The van der Waals surface area contributed by atoms with Crippen molar-refractivity contribution in [2.24, 2.45) is 0 Å². The third kappa shape index (κ3) is 4.42. The zero-order valence-electron chi connectivity index (χ0n) is 12.2. The predicted molar refractivity (Wildman–Crippen MR) is 84.6 cm³/mol. The molecule has 0 saturated heterocycles. The zero-order valence-corrected chi connectivity index (χ0v) is 12.2. The summed E-state index contributed by atoms with van der Waals surface area (Å²) in [6.07, 6.45) is 4.70. The largest absolute Gasteiger partial charge is 0.386 e. The van der Waals surface area contributed by atoms with Gasteiger partial charge in [-0.15, -0.1) is 0 Å². The van der Waals surface area contributed by atoms with E-state index in [2.05, 4.69) is 15.6 Å². The number of carbonyl (C=O) groups excluding carboxylic acids is 1. The van der Waals surface area contributed by atoms with Gasteiger partial charge in [-0.25, -0.2) is 0 Å². The lowest BCUT2D eigenvalue weighted by Gasteiger charge is -2.06. The molecule has 0 bridgehead atoms. The van der Waals surface area contributed by atoms with E-state index >= 15 is 0 Å².